The lowest BCUT2D eigenvalue weighted by Crippen LogP contribution is -2.25. The molecular weight excluding hydrogens is 173 g/mol. The Morgan fingerprint density at radius 3 is 2.93 bits per heavy atom. The molecule has 0 saturated carbocycles. The Hall–Kier alpha value is -0.955. The minimum absolute atomic E-state index is 0.238. The van der Waals surface area contributed by atoms with Crippen molar-refractivity contribution in [2.75, 3.05) is 5.32 Å². The van der Waals surface area contributed by atoms with Gasteiger partial charge in [-0.2, -0.15) is 0 Å². The average Bonchev–Trinajstić information content (AvgIpc) is 2.46. The van der Waals surface area contributed by atoms with Crippen molar-refractivity contribution in [3.05, 3.63) is 23.8 Å². The highest BCUT2D eigenvalue weighted by molar-refractivity contribution is 6.68. The van der Waals surface area contributed by atoms with Crippen LogP contribution in [0.5, 0.6) is 0 Å². The fourth-order valence-electron chi connectivity index (χ4n) is 2.02. The largest absolute Gasteiger partial charge is 0.446 e. The number of hydrogen-bond donors (Lipinski definition) is 2. The van der Waals surface area contributed by atoms with Crippen LogP contribution in [0.1, 0.15) is 19.4 Å². The Bertz CT molecular complexity index is 338. The minimum Gasteiger partial charge on any atom is -0.446 e. The predicted octanol–water partition coefficient (Wildman–Crippen LogP) is 1.25. The Morgan fingerprint density at radius 1 is 1.43 bits per heavy atom. The van der Waals surface area contributed by atoms with E-state index in [9.17, 15) is 5.02 Å². The number of nitrogens with one attached hydrogen (secondary N) is 1. The van der Waals surface area contributed by atoms with E-state index in [1.165, 1.54) is 5.56 Å². The van der Waals surface area contributed by atoms with Crippen molar-refractivity contribution in [2.24, 2.45) is 0 Å². The number of fused-ring (bicyclic) bond motifs is 1. The van der Waals surface area contributed by atoms with Crippen molar-refractivity contribution >= 4 is 18.1 Å². The number of rotatable bonds is 2. The molecule has 0 atom stereocenters. The van der Waals surface area contributed by atoms with Gasteiger partial charge in [-0.3, -0.25) is 0 Å². The van der Waals surface area contributed by atoms with Crippen LogP contribution in [0.15, 0.2) is 18.2 Å². The molecule has 1 heterocycles. The second-order valence-corrected chi connectivity index (χ2v) is 4.27. The molecule has 3 heteroatoms. The maximum atomic E-state index is 9.63. The van der Waals surface area contributed by atoms with Crippen LogP contribution in [0.3, 0.4) is 0 Å². The second kappa shape index (κ2) is 3.66. The molecule has 1 aromatic carbocycles. The molecule has 2 rings (SSSR count). The lowest BCUT2D eigenvalue weighted by molar-refractivity contribution is 0.587. The summed E-state index contributed by atoms with van der Waals surface area (Å²) in [5.74, 6) is 0. The van der Waals surface area contributed by atoms with Crippen molar-refractivity contribution in [2.45, 2.75) is 32.6 Å². The van der Waals surface area contributed by atoms with Crippen LogP contribution in [-0.2, 0) is 6.42 Å². The number of benzene rings is 1. The van der Waals surface area contributed by atoms with E-state index in [1.54, 1.807) is 0 Å². The third-order valence-corrected chi connectivity index (χ3v) is 2.64. The summed E-state index contributed by atoms with van der Waals surface area (Å²) in [5.41, 5.74) is 3.57. The molecule has 1 aliphatic rings. The van der Waals surface area contributed by atoms with Crippen LogP contribution in [-0.4, -0.2) is 18.0 Å². The first-order valence-corrected chi connectivity index (χ1v) is 5.24. The number of anilines is 1. The molecule has 2 nitrogen and oxygen atoms in total. The molecular formula is C11H16BNO. The minimum atomic E-state index is -0.238. The predicted molar refractivity (Wildman–Crippen MR) is 61.3 cm³/mol. The van der Waals surface area contributed by atoms with E-state index in [1.807, 2.05) is 12.1 Å². The lowest BCUT2D eigenvalue weighted by Gasteiger charge is -2.11. The van der Waals surface area contributed by atoms with Crippen LogP contribution >= 0.6 is 0 Å². The highest BCUT2D eigenvalue weighted by Gasteiger charge is 2.24. The van der Waals surface area contributed by atoms with E-state index in [2.05, 4.69) is 25.2 Å². The number of hydrogen-bond acceptors (Lipinski definition) is 2. The van der Waals surface area contributed by atoms with Gasteiger partial charge in [-0.25, -0.2) is 0 Å². The van der Waals surface area contributed by atoms with Gasteiger partial charge in [-0.05, 0) is 49.7 Å². The fourth-order valence-corrected chi connectivity index (χ4v) is 2.02. The normalized spacial score (nSPS) is 14.7. The summed E-state index contributed by atoms with van der Waals surface area (Å²) < 4.78 is 0. The molecule has 0 aliphatic carbocycles. The molecule has 0 amide bonds. The monoisotopic (exact) mass is 189 g/mol. The summed E-state index contributed by atoms with van der Waals surface area (Å²) in [7, 11) is 0. The summed E-state index contributed by atoms with van der Waals surface area (Å²) >= 11 is 0. The van der Waals surface area contributed by atoms with Gasteiger partial charge in [0.25, 0.3) is 0 Å². The summed E-state index contributed by atoms with van der Waals surface area (Å²) in [5, 5.41) is 13.0. The van der Waals surface area contributed by atoms with Crippen molar-refractivity contribution in [1.82, 2.24) is 0 Å². The summed E-state index contributed by atoms with van der Waals surface area (Å²) in [6, 6.07) is 6.70. The first kappa shape index (κ1) is 9.59. The Labute approximate surface area is 85.5 Å². The molecule has 0 unspecified atom stereocenters. The van der Waals surface area contributed by atoms with Gasteiger partial charge in [0.2, 0.25) is 0 Å². The molecule has 14 heavy (non-hydrogen) atoms. The molecule has 0 aromatic heterocycles. The lowest BCUT2D eigenvalue weighted by atomic mass is 9.63. The van der Waals surface area contributed by atoms with Crippen LogP contribution in [0.4, 0.5) is 5.69 Å². The van der Waals surface area contributed by atoms with Crippen molar-refractivity contribution in [3.63, 3.8) is 0 Å². The van der Waals surface area contributed by atoms with E-state index < -0.39 is 0 Å². The van der Waals surface area contributed by atoms with Gasteiger partial charge < -0.3 is 10.3 Å². The highest BCUT2D eigenvalue weighted by Crippen LogP contribution is 2.18. The molecule has 0 radical (unpaired) electrons. The van der Waals surface area contributed by atoms with E-state index >= 15 is 0 Å². The summed E-state index contributed by atoms with van der Waals surface area (Å²) in [4.78, 5) is 0. The zero-order valence-electron chi connectivity index (χ0n) is 8.75. The van der Waals surface area contributed by atoms with Crippen molar-refractivity contribution in [3.8, 4) is 0 Å². The summed E-state index contributed by atoms with van der Waals surface area (Å²) in [6.07, 6.45) is 1.88. The molecule has 0 fully saturated rings. The van der Waals surface area contributed by atoms with Crippen LogP contribution in [0.25, 0.3) is 0 Å². The molecule has 1 aliphatic heterocycles. The first-order valence-electron chi connectivity index (χ1n) is 5.24. The maximum Gasteiger partial charge on any atom is 0.324 e. The van der Waals surface area contributed by atoms with E-state index in [-0.39, 0.29) is 6.92 Å². The zero-order valence-corrected chi connectivity index (χ0v) is 8.75. The topological polar surface area (TPSA) is 32.3 Å². The van der Waals surface area contributed by atoms with Gasteiger partial charge in [-0.1, -0.05) is 6.07 Å². The molecule has 2 N–H and O–H groups in total. The van der Waals surface area contributed by atoms with Crippen molar-refractivity contribution in [1.29, 1.82) is 0 Å². The Kier molecular flexibility index (Phi) is 2.51. The Morgan fingerprint density at radius 2 is 2.21 bits per heavy atom. The van der Waals surface area contributed by atoms with Gasteiger partial charge in [0.05, 0.1) is 0 Å². The fraction of sp³-hybridized carbons (Fsp3) is 0.455. The molecule has 0 saturated heterocycles. The van der Waals surface area contributed by atoms with E-state index in [4.69, 9.17) is 0 Å². The zero-order chi connectivity index (χ0) is 10.1. The van der Waals surface area contributed by atoms with E-state index in [0.29, 0.717) is 6.04 Å². The van der Waals surface area contributed by atoms with Crippen molar-refractivity contribution < 1.29 is 5.02 Å². The maximum absolute atomic E-state index is 9.63. The van der Waals surface area contributed by atoms with Gasteiger partial charge in [0, 0.05) is 11.7 Å². The second-order valence-electron chi connectivity index (χ2n) is 4.27. The highest BCUT2D eigenvalue weighted by atomic mass is 16.2. The molecule has 0 bridgehead atoms. The number of aryl methyl sites for hydroxylation is 1. The quantitative estimate of drug-likeness (QED) is 0.686. The molecule has 74 valence electrons. The first-order chi connectivity index (χ1) is 6.66. The smallest absolute Gasteiger partial charge is 0.324 e. The summed E-state index contributed by atoms with van der Waals surface area (Å²) in [6.45, 7) is 4.02. The van der Waals surface area contributed by atoms with Gasteiger partial charge in [0.1, 0.15) is 0 Å². The van der Waals surface area contributed by atoms with Crippen LogP contribution < -0.4 is 10.8 Å². The van der Waals surface area contributed by atoms with Gasteiger partial charge in [-0.15, -0.1) is 0 Å². The van der Waals surface area contributed by atoms with Gasteiger partial charge >= 0.3 is 6.92 Å². The Balaban J connectivity index is 2.24. The third-order valence-electron chi connectivity index (χ3n) is 2.64. The van der Waals surface area contributed by atoms with Crippen LogP contribution in [0, 0.1) is 0 Å². The van der Waals surface area contributed by atoms with E-state index in [0.717, 1.165) is 23.9 Å². The van der Waals surface area contributed by atoms with Crippen LogP contribution in [0.2, 0.25) is 6.32 Å². The molecule has 0 spiro atoms. The average molecular weight is 189 g/mol. The van der Waals surface area contributed by atoms with Gasteiger partial charge in [0.15, 0.2) is 0 Å². The third kappa shape index (κ3) is 1.78. The molecule has 1 aromatic rings. The standard InChI is InChI=1S/C11H16BNO/c1-8(2)13-10-3-4-11-9(7-10)5-6-12(11)14/h3-4,7-8,13-14H,5-6H2,1-2H3. The SMILES string of the molecule is CC(C)Nc1ccc2c(c1)CCB2O.